The minimum Gasteiger partial charge on any atom is -0.491 e. The number of nitrogens with one attached hydrogen (secondary N) is 1. The van der Waals surface area contributed by atoms with Crippen molar-refractivity contribution in [2.75, 3.05) is 25.1 Å². The van der Waals surface area contributed by atoms with E-state index in [0.29, 0.717) is 30.7 Å². The largest absolute Gasteiger partial charge is 0.491 e. The van der Waals surface area contributed by atoms with Crippen LogP contribution >= 0.6 is 27.3 Å². The van der Waals surface area contributed by atoms with Gasteiger partial charge in [-0.15, -0.1) is 10.2 Å². The average molecular weight is 398 g/mol. The fraction of sp³-hybridized carbons (Fsp3) is 0.267. The predicted octanol–water partition coefficient (Wildman–Crippen LogP) is 3.37. The fourth-order valence-corrected chi connectivity index (χ4v) is 2.50. The van der Waals surface area contributed by atoms with Gasteiger partial charge in [0.15, 0.2) is 0 Å². The van der Waals surface area contributed by atoms with Crippen LogP contribution in [0.2, 0.25) is 0 Å². The Morgan fingerprint density at radius 3 is 3.04 bits per heavy atom. The molecule has 1 aromatic carbocycles. The highest BCUT2D eigenvalue weighted by Gasteiger charge is 2.04. The smallest absolute Gasteiger partial charge is 0.250 e. The Morgan fingerprint density at radius 1 is 1.43 bits per heavy atom. The van der Waals surface area contributed by atoms with Gasteiger partial charge >= 0.3 is 0 Å². The van der Waals surface area contributed by atoms with Gasteiger partial charge in [0.1, 0.15) is 17.9 Å². The summed E-state index contributed by atoms with van der Waals surface area (Å²) in [6.07, 6.45) is 3.12. The maximum atomic E-state index is 11.8. The number of ether oxygens (including phenoxy) is 2. The van der Waals surface area contributed by atoms with E-state index in [1.165, 1.54) is 17.4 Å². The highest BCUT2D eigenvalue weighted by atomic mass is 79.9. The second kappa shape index (κ2) is 9.39. The van der Waals surface area contributed by atoms with Crippen LogP contribution in [0.15, 0.2) is 34.3 Å². The Morgan fingerprint density at radius 2 is 2.30 bits per heavy atom. The van der Waals surface area contributed by atoms with E-state index in [2.05, 4.69) is 31.4 Å². The molecule has 0 unspecified atom stereocenters. The second-order valence-electron chi connectivity index (χ2n) is 4.29. The molecule has 0 spiro atoms. The summed E-state index contributed by atoms with van der Waals surface area (Å²) in [5, 5.41) is 10.5. The Bertz CT molecular complexity index is 662. The van der Waals surface area contributed by atoms with Crippen LogP contribution in [-0.4, -0.2) is 35.9 Å². The Hall–Kier alpha value is -1.77. The third kappa shape index (κ3) is 6.09. The Balaban J connectivity index is 2.00. The molecule has 0 fully saturated rings. The molecular formula is C15H16BrN3O3S. The maximum absolute atomic E-state index is 11.8. The van der Waals surface area contributed by atoms with Gasteiger partial charge in [-0.1, -0.05) is 27.3 Å². The van der Waals surface area contributed by atoms with Crippen LogP contribution in [-0.2, 0) is 9.53 Å². The third-order valence-electron chi connectivity index (χ3n) is 2.67. The molecule has 0 atom stereocenters. The number of hydrogen-bond donors (Lipinski definition) is 1. The maximum Gasteiger partial charge on any atom is 0.250 e. The van der Waals surface area contributed by atoms with Crippen molar-refractivity contribution < 1.29 is 14.3 Å². The van der Waals surface area contributed by atoms with E-state index in [9.17, 15) is 4.79 Å². The topological polar surface area (TPSA) is 73.3 Å². The highest BCUT2D eigenvalue weighted by molar-refractivity contribution is 9.10. The molecule has 0 radical (unpaired) electrons. The lowest BCUT2D eigenvalue weighted by Crippen LogP contribution is -2.08. The first kappa shape index (κ1) is 17.6. The number of carbonyl (C=O) groups is 1. The van der Waals surface area contributed by atoms with Gasteiger partial charge in [0.2, 0.25) is 11.0 Å². The summed E-state index contributed by atoms with van der Waals surface area (Å²) < 4.78 is 11.8. The first-order valence-electron chi connectivity index (χ1n) is 6.94. The van der Waals surface area contributed by atoms with E-state index >= 15 is 0 Å². The summed E-state index contributed by atoms with van der Waals surface area (Å²) >= 11 is 4.67. The predicted molar refractivity (Wildman–Crippen MR) is 93.7 cm³/mol. The molecule has 1 heterocycles. The molecule has 1 N–H and O–H groups in total. The first-order valence-corrected chi connectivity index (χ1v) is 8.61. The molecule has 1 aromatic heterocycles. The molecule has 23 heavy (non-hydrogen) atoms. The number of nitrogens with zero attached hydrogens (tertiary/aromatic N) is 2. The summed E-state index contributed by atoms with van der Waals surface area (Å²) in [5.74, 6) is 0.412. The molecular weight excluding hydrogens is 382 g/mol. The van der Waals surface area contributed by atoms with E-state index in [4.69, 9.17) is 9.47 Å². The molecule has 0 bridgehead atoms. The van der Waals surface area contributed by atoms with Crippen molar-refractivity contribution in [1.82, 2.24) is 10.2 Å². The van der Waals surface area contributed by atoms with Gasteiger partial charge in [-0.2, -0.15) is 0 Å². The number of rotatable bonds is 8. The number of benzene rings is 1. The zero-order chi connectivity index (χ0) is 16.5. The van der Waals surface area contributed by atoms with Gasteiger partial charge in [0, 0.05) is 22.7 Å². The molecule has 122 valence electrons. The molecule has 0 aliphatic carbocycles. The van der Waals surface area contributed by atoms with Gasteiger partial charge in [-0.05, 0) is 31.2 Å². The Kier molecular flexibility index (Phi) is 7.18. The average Bonchev–Trinajstić information content (AvgIpc) is 3.04. The van der Waals surface area contributed by atoms with E-state index in [-0.39, 0.29) is 5.91 Å². The standard InChI is InChI=1S/C15H16BrN3O3S/c1-2-21-7-8-22-13-5-4-12(16)9-11(13)3-6-14(20)18-15-19-17-10-23-15/h3-6,9-10H,2,7-8H2,1H3,(H,18,19,20)/b6-3+. The minimum absolute atomic E-state index is 0.276. The minimum atomic E-state index is -0.276. The van der Waals surface area contributed by atoms with Gasteiger partial charge in [-0.3, -0.25) is 10.1 Å². The SMILES string of the molecule is CCOCCOc1ccc(Br)cc1/C=C/C(=O)Nc1nncs1. The molecule has 2 aromatic rings. The first-order chi connectivity index (χ1) is 11.2. The number of aromatic nitrogens is 2. The van der Waals surface area contributed by atoms with E-state index < -0.39 is 0 Å². The number of halogens is 1. The van der Waals surface area contributed by atoms with Gasteiger partial charge in [0.05, 0.1) is 6.61 Å². The third-order valence-corrected chi connectivity index (χ3v) is 3.77. The van der Waals surface area contributed by atoms with Crippen molar-refractivity contribution in [3.05, 3.63) is 39.8 Å². The molecule has 0 aliphatic rings. The summed E-state index contributed by atoms with van der Waals surface area (Å²) in [6, 6.07) is 5.61. The van der Waals surface area contributed by atoms with Crippen molar-refractivity contribution in [3.63, 3.8) is 0 Å². The van der Waals surface area contributed by atoms with Crippen LogP contribution in [0, 0.1) is 0 Å². The van der Waals surface area contributed by atoms with Crippen molar-refractivity contribution in [1.29, 1.82) is 0 Å². The van der Waals surface area contributed by atoms with Crippen LogP contribution < -0.4 is 10.1 Å². The lowest BCUT2D eigenvalue weighted by molar-refractivity contribution is -0.111. The van der Waals surface area contributed by atoms with Crippen molar-refractivity contribution in [3.8, 4) is 5.75 Å². The molecule has 0 saturated carbocycles. The van der Waals surface area contributed by atoms with Crippen molar-refractivity contribution in [2.24, 2.45) is 0 Å². The lowest BCUT2D eigenvalue weighted by Gasteiger charge is -2.09. The van der Waals surface area contributed by atoms with Crippen LogP contribution in [0.1, 0.15) is 12.5 Å². The van der Waals surface area contributed by atoms with Crippen LogP contribution in [0.25, 0.3) is 6.08 Å². The fourth-order valence-electron chi connectivity index (χ4n) is 1.68. The van der Waals surface area contributed by atoms with Crippen LogP contribution in [0.3, 0.4) is 0 Å². The molecule has 0 saturated heterocycles. The monoisotopic (exact) mass is 397 g/mol. The van der Waals surface area contributed by atoms with Gasteiger partial charge in [-0.25, -0.2) is 0 Å². The van der Waals surface area contributed by atoms with E-state index in [1.54, 1.807) is 11.6 Å². The summed E-state index contributed by atoms with van der Waals surface area (Å²) in [6.45, 7) is 3.56. The van der Waals surface area contributed by atoms with Crippen LogP contribution in [0.5, 0.6) is 5.75 Å². The number of anilines is 1. The normalized spacial score (nSPS) is 10.9. The summed E-state index contributed by atoms with van der Waals surface area (Å²) in [7, 11) is 0. The number of carbonyl (C=O) groups excluding carboxylic acids is 1. The zero-order valence-corrected chi connectivity index (χ0v) is 14.9. The number of amides is 1. The molecule has 0 aliphatic heterocycles. The van der Waals surface area contributed by atoms with E-state index in [1.807, 2.05) is 25.1 Å². The Labute approximate surface area is 146 Å². The zero-order valence-electron chi connectivity index (χ0n) is 12.5. The molecule has 6 nitrogen and oxygen atoms in total. The molecule has 1 amide bonds. The second-order valence-corrected chi connectivity index (χ2v) is 6.04. The van der Waals surface area contributed by atoms with Crippen molar-refractivity contribution in [2.45, 2.75) is 6.92 Å². The van der Waals surface area contributed by atoms with Gasteiger partial charge < -0.3 is 9.47 Å². The quantitative estimate of drug-likeness (QED) is 0.545. The lowest BCUT2D eigenvalue weighted by atomic mass is 10.2. The van der Waals surface area contributed by atoms with E-state index in [0.717, 1.165) is 10.0 Å². The highest BCUT2D eigenvalue weighted by Crippen LogP contribution is 2.24. The molecule has 8 heteroatoms. The number of hydrogen-bond acceptors (Lipinski definition) is 6. The van der Waals surface area contributed by atoms with Crippen molar-refractivity contribution >= 4 is 44.4 Å². The van der Waals surface area contributed by atoms with Gasteiger partial charge in [0.25, 0.3) is 0 Å². The molecule has 2 rings (SSSR count). The summed E-state index contributed by atoms with van der Waals surface area (Å²) in [4.78, 5) is 11.8. The van der Waals surface area contributed by atoms with Crippen LogP contribution in [0.4, 0.5) is 5.13 Å². The summed E-state index contributed by atoms with van der Waals surface area (Å²) in [5.41, 5.74) is 2.35.